The van der Waals surface area contributed by atoms with Crippen LogP contribution in [0.25, 0.3) is 0 Å². The molecule has 0 N–H and O–H groups in total. The summed E-state index contributed by atoms with van der Waals surface area (Å²) in [7, 11) is 2.56. The van der Waals surface area contributed by atoms with Crippen LogP contribution in [0.5, 0.6) is 0 Å². The molecule has 0 aliphatic rings. The standard InChI is InChI=1S/C40H84P2/c1-3-5-7-9-11-13-15-17-19-21-23-25-27-29-31-33-35-37-39-41-42-40-38-36-34-32-30-28-26-24-22-20-18-16-14-12-10-8-6-4-2/h41-42H,3-40H2,1-2H3. The number of hydrogen-bond acceptors (Lipinski definition) is 0. The van der Waals surface area contributed by atoms with Gasteiger partial charge >= 0.3 is 0 Å². The van der Waals surface area contributed by atoms with Gasteiger partial charge in [0.25, 0.3) is 0 Å². The number of rotatable bonds is 39. The van der Waals surface area contributed by atoms with Crippen molar-refractivity contribution in [3.05, 3.63) is 0 Å². The summed E-state index contributed by atoms with van der Waals surface area (Å²) in [6, 6.07) is 0. The first kappa shape index (κ1) is 42.9. The average Bonchev–Trinajstić information content (AvgIpc) is 3.00. The second-order valence-electron chi connectivity index (χ2n) is 13.9. The van der Waals surface area contributed by atoms with Gasteiger partial charge in [-0.25, -0.2) is 0 Å². The molecule has 2 atom stereocenters. The highest BCUT2D eigenvalue weighted by Gasteiger charge is 1.97. The first-order valence-corrected chi connectivity index (χ1v) is 23.8. The predicted molar refractivity (Wildman–Crippen MR) is 204 cm³/mol. The third-order valence-corrected chi connectivity index (χ3v) is 13.1. The van der Waals surface area contributed by atoms with E-state index in [0.29, 0.717) is 0 Å². The van der Waals surface area contributed by atoms with Crippen LogP contribution in [0.4, 0.5) is 0 Å². The molecule has 0 spiro atoms. The minimum atomic E-state index is 1.28. The van der Waals surface area contributed by atoms with E-state index in [1.807, 2.05) is 0 Å². The molecule has 2 heteroatoms. The van der Waals surface area contributed by atoms with Crippen LogP contribution in [-0.4, -0.2) is 12.3 Å². The summed E-state index contributed by atoms with van der Waals surface area (Å²) in [5, 5.41) is 0. The van der Waals surface area contributed by atoms with Gasteiger partial charge in [0.05, 0.1) is 0 Å². The summed E-state index contributed by atoms with van der Waals surface area (Å²) in [5.74, 6) is 0. The molecule has 0 rings (SSSR count). The number of unbranched alkanes of at least 4 members (excludes halogenated alkanes) is 34. The molecule has 0 aromatic heterocycles. The molecule has 0 bridgehead atoms. The first-order valence-electron chi connectivity index (χ1n) is 20.4. The van der Waals surface area contributed by atoms with Gasteiger partial charge in [-0.3, -0.25) is 0 Å². The van der Waals surface area contributed by atoms with Crippen LogP contribution in [0, 0.1) is 0 Å². The lowest BCUT2D eigenvalue weighted by molar-refractivity contribution is 0.526. The van der Waals surface area contributed by atoms with Gasteiger partial charge in [-0.2, -0.15) is 0 Å². The zero-order chi connectivity index (χ0) is 30.3. The Kier molecular flexibility index (Phi) is 42.7. The monoisotopic (exact) mass is 627 g/mol. The van der Waals surface area contributed by atoms with E-state index in [2.05, 4.69) is 13.8 Å². The average molecular weight is 627 g/mol. The van der Waals surface area contributed by atoms with E-state index in [-0.39, 0.29) is 0 Å². The molecule has 0 amide bonds. The smallest absolute Gasteiger partial charge is 0.0317 e. The van der Waals surface area contributed by atoms with Crippen molar-refractivity contribution in [3.63, 3.8) is 0 Å². The highest BCUT2D eigenvalue weighted by Crippen LogP contribution is 2.38. The van der Waals surface area contributed by atoms with E-state index >= 15 is 0 Å². The predicted octanol–water partition coefficient (Wildman–Crippen LogP) is 16.3. The van der Waals surface area contributed by atoms with Crippen molar-refractivity contribution >= 4 is 16.5 Å². The molecule has 0 nitrogen and oxygen atoms in total. The Morgan fingerprint density at radius 3 is 0.500 bits per heavy atom. The molecule has 0 saturated carbocycles. The Labute approximate surface area is 273 Å². The van der Waals surface area contributed by atoms with Crippen molar-refractivity contribution in [3.8, 4) is 0 Å². The summed E-state index contributed by atoms with van der Waals surface area (Å²) in [5.41, 5.74) is 0. The van der Waals surface area contributed by atoms with E-state index in [1.54, 1.807) is 0 Å². The van der Waals surface area contributed by atoms with Crippen LogP contribution in [-0.2, 0) is 0 Å². The third-order valence-electron chi connectivity index (χ3n) is 9.44. The SMILES string of the molecule is CCCCCCCCCCCCCCCCCCCCPPCCCCCCCCCCCCCCCCCCCC. The van der Waals surface area contributed by atoms with E-state index in [9.17, 15) is 0 Å². The maximum atomic E-state index is 2.31. The van der Waals surface area contributed by atoms with E-state index in [1.165, 1.54) is 260 Å². The lowest BCUT2D eigenvalue weighted by Crippen LogP contribution is -1.84. The Hall–Kier alpha value is 0.860. The minimum Gasteiger partial charge on any atom is -0.0992 e. The van der Waals surface area contributed by atoms with Crippen molar-refractivity contribution in [2.24, 2.45) is 0 Å². The Morgan fingerprint density at radius 1 is 0.190 bits per heavy atom. The molecule has 0 aromatic carbocycles. The Bertz CT molecular complexity index is 397. The van der Waals surface area contributed by atoms with E-state index in [0.717, 1.165) is 0 Å². The molecular weight excluding hydrogens is 542 g/mol. The fourth-order valence-electron chi connectivity index (χ4n) is 6.41. The maximum absolute atomic E-state index is 2.31. The second kappa shape index (κ2) is 41.9. The quantitative estimate of drug-likeness (QED) is 0.0470. The summed E-state index contributed by atoms with van der Waals surface area (Å²) in [6.07, 6.45) is 56.6. The van der Waals surface area contributed by atoms with Crippen LogP contribution in [0.3, 0.4) is 0 Å². The van der Waals surface area contributed by atoms with Crippen LogP contribution < -0.4 is 0 Å². The summed E-state index contributed by atoms with van der Waals surface area (Å²) >= 11 is 0. The van der Waals surface area contributed by atoms with Crippen molar-refractivity contribution in [2.75, 3.05) is 12.3 Å². The molecule has 2 unspecified atom stereocenters. The lowest BCUT2D eigenvalue weighted by Gasteiger charge is -2.05. The summed E-state index contributed by atoms with van der Waals surface area (Å²) in [4.78, 5) is 0. The molecule has 42 heavy (non-hydrogen) atoms. The third kappa shape index (κ3) is 40.9. The van der Waals surface area contributed by atoms with Crippen molar-refractivity contribution in [1.82, 2.24) is 0 Å². The zero-order valence-electron chi connectivity index (χ0n) is 29.9. The minimum absolute atomic E-state index is 1.28. The molecule has 0 aromatic rings. The Morgan fingerprint density at radius 2 is 0.333 bits per heavy atom. The first-order chi connectivity index (χ1) is 20.9. The van der Waals surface area contributed by atoms with Crippen LogP contribution in [0.2, 0.25) is 0 Å². The van der Waals surface area contributed by atoms with Crippen molar-refractivity contribution in [1.29, 1.82) is 0 Å². The van der Waals surface area contributed by atoms with Crippen molar-refractivity contribution in [2.45, 2.75) is 245 Å². The molecule has 0 aliphatic carbocycles. The van der Waals surface area contributed by atoms with Gasteiger partial charge in [0.1, 0.15) is 0 Å². The highest BCUT2D eigenvalue weighted by atomic mass is 32.0. The van der Waals surface area contributed by atoms with Gasteiger partial charge in [0.15, 0.2) is 0 Å². The lowest BCUT2D eigenvalue weighted by atomic mass is 10.0. The molecule has 0 saturated heterocycles. The van der Waals surface area contributed by atoms with E-state index in [4.69, 9.17) is 0 Å². The van der Waals surface area contributed by atoms with Gasteiger partial charge in [-0.15, -0.1) is 0 Å². The summed E-state index contributed by atoms with van der Waals surface area (Å²) in [6.45, 7) is 4.62. The van der Waals surface area contributed by atoms with Gasteiger partial charge < -0.3 is 0 Å². The van der Waals surface area contributed by atoms with Crippen LogP contribution in [0.15, 0.2) is 0 Å². The molecule has 0 heterocycles. The molecule has 0 fully saturated rings. The molecule has 0 radical (unpaired) electrons. The van der Waals surface area contributed by atoms with Gasteiger partial charge in [-0.1, -0.05) is 249 Å². The van der Waals surface area contributed by atoms with Crippen LogP contribution >= 0.6 is 16.5 Å². The van der Waals surface area contributed by atoms with Crippen molar-refractivity contribution < 1.29 is 0 Å². The van der Waals surface area contributed by atoms with E-state index < -0.39 is 0 Å². The normalized spacial score (nSPS) is 12.1. The van der Waals surface area contributed by atoms with Gasteiger partial charge in [0, 0.05) is 0 Å². The zero-order valence-corrected chi connectivity index (χ0v) is 31.9. The topological polar surface area (TPSA) is 0 Å². The van der Waals surface area contributed by atoms with Gasteiger partial charge in [-0.05, 0) is 25.2 Å². The maximum Gasteiger partial charge on any atom is -0.0317 e. The molecular formula is C40H84P2. The second-order valence-corrected chi connectivity index (χ2v) is 17.7. The fraction of sp³-hybridized carbons (Fsp3) is 1.00. The molecule has 254 valence electrons. The fourth-order valence-corrected chi connectivity index (χ4v) is 9.74. The van der Waals surface area contributed by atoms with Crippen LogP contribution in [0.1, 0.15) is 245 Å². The van der Waals surface area contributed by atoms with Gasteiger partial charge in [0.2, 0.25) is 0 Å². The highest BCUT2D eigenvalue weighted by molar-refractivity contribution is 8.11. The molecule has 0 aliphatic heterocycles. The summed E-state index contributed by atoms with van der Waals surface area (Å²) < 4.78 is 0. The number of hydrogen-bond donors (Lipinski definition) is 0. The largest absolute Gasteiger partial charge is 0.0992 e. The Balaban J connectivity index is 3.02.